The van der Waals surface area contributed by atoms with E-state index >= 15 is 0 Å². The van der Waals surface area contributed by atoms with Crippen molar-refractivity contribution in [3.05, 3.63) is 35.9 Å². The molecule has 0 amide bonds. The van der Waals surface area contributed by atoms with Crippen LogP contribution in [0.15, 0.2) is 30.3 Å². The maximum atomic E-state index is 13.4. The first-order valence-electron chi connectivity index (χ1n) is 15.3. The fourth-order valence-electron chi connectivity index (χ4n) is 1.89. The van der Waals surface area contributed by atoms with Crippen LogP contribution < -0.4 is 0 Å². The van der Waals surface area contributed by atoms with Gasteiger partial charge in [0.25, 0.3) is 0 Å². The zero-order chi connectivity index (χ0) is 31.2. The van der Waals surface area contributed by atoms with Gasteiger partial charge < -0.3 is 14.6 Å². The predicted octanol–water partition coefficient (Wildman–Crippen LogP) is 2.95. The van der Waals surface area contributed by atoms with Crippen LogP contribution in [0.2, 0.25) is 0 Å². The summed E-state index contributed by atoms with van der Waals surface area (Å²) in [5.41, 5.74) is -1.51. The average Bonchev–Trinajstić information content (AvgIpc) is 3.19. The minimum Gasteiger partial charge on any atom is -0.459 e. The van der Waals surface area contributed by atoms with Crippen LogP contribution in [-0.2, 0) is 4.74 Å². The van der Waals surface area contributed by atoms with E-state index in [9.17, 15) is 4.79 Å². The topological polar surface area (TPSA) is 45.3 Å². The molecule has 21 heavy (non-hydrogen) atoms. The number of benzene rings is 1. The van der Waals surface area contributed by atoms with Gasteiger partial charge in [-0.2, -0.15) is 0 Å². The van der Waals surface area contributed by atoms with Crippen LogP contribution >= 0.6 is 0 Å². The number of carbonyl (C=O) groups is 1. The standard InChI is InChI=1S/C17H20N2O2/c1-19-11-6-7-12(19)9-13(8-11)21-17(20)15-10-18-16-5-3-2-4-14(15)16/h2-5,10-13,18H,6-9H2,1H3/t11-,12+,13?/i1D3,2D,3D,4D,5D,6D2,7D2,8D2,9D2,10D,11D,12D,13D. The van der Waals surface area contributed by atoms with Crippen LogP contribution in [0.1, 0.15) is 61.9 Å². The summed E-state index contributed by atoms with van der Waals surface area (Å²) in [6.45, 7) is -3.87. The van der Waals surface area contributed by atoms with E-state index < -0.39 is 108 Å². The third kappa shape index (κ3) is 2.14. The lowest BCUT2D eigenvalue weighted by atomic mass is 10.0. The molecule has 2 saturated heterocycles. The van der Waals surface area contributed by atoms with E-state index in [4.69, 9.17) is 30.8 Å². The highest BCUT2D eigenvalue weighted by Crippen LogP contribution is 2.35. The molecule has 110 valence electrons. The van der Waals surface area contributed by atoms with Gasteiger partial charge in [-0.3, -0.25) is 0 Å². The van der Waals surface area contributed by atoms with Crippen LogP contribution in [0.5, 0.6) is 0 Å². The molecule has 3 heterocycles. The summed E-state index contributed by atoms with van der Waals surface area (Å²) in [6.07, 6.45) is -21.7. The molecular weight excluding hydrogens is 264 g/mol. The van der Waals surface area contributed by atoms with E-state index in [0.717, 1.165) is 0 Å². The Morgan fingerprint density at radius 1 is 1.48 bits per heavy atom. The van der Waals surface area contributed by atoms with E-state index in [2.05, 4.69) is 4.98 Å². The molecule has 1 N–H and O–H groups in total. The van der Waals surface area contributed by atoms with E-state index in [1.807, 2.05) is 0 Å². The smallest absolute Gasteiger partial charge is 0.340 e. The first-order valence-corrected chi connectivity index (χ1v) is 5.78. The summed E-state index contributed by atoms with van der Waals surface area (Å²) < 4.78 is 161. The molecule has 0 spiro atoms. The van der Waals surface area contributed by atoms with Crippen molar-refractivity contribution >= 4 is 16.9 Å². The summed E-state index contributed by atoms with van der Waals surface area (Å²) in [7, 11) is 0. The third-order valence-corrected chi connectivity index (χ3v) is 2.86. The maximum absolute atomic E-state index is 13.4. The van der Waals surface area contributed by atoms with Gasteiger partial charge in [-0.25, -0.2) is 4.79 Å². The molecule has 4 rings (SSSR count). The number of carbonyl (C=O) groups excluding carboxylic acids is 1. The van der Waals surface area contributed by atoms with Crippen LogP contribution in [0.3, 0.4) is 0 Å². The Morgan fingerprint density at radius 2 is 2.24 bits per heavy atom. The molecule has 4 heteroatoms. The fourth-order valence-corrected chi connectivity index (χ4v) is 1.89. The Balaban J connectivity index is 2.03. The largest absolute Gasteiger partial charge is 0.459 e. The zero-order valence-corrected chi connectivity index (χ0v) is 10.3. The van der Waals surface area contributed by atoms with E-state index in [-0.39, 0.29) is 0 Å². The van der Waals surface area contributed by atoms with Crippen molar-refractivity contribution in [3.63, 3.8) is 0 Å². The predicted molar refractivity (Wildman–Crippen MR) is 81.3 cm³/mol. The molecule has 0 saturated carbocycles. The van der Waals surface area contributed by atoms with Gasteiger partial charge in [0, 0.05) is 59.7 Å². The van der Waals surface area contributed by atoms with E-state index in [1.165, 1.54) is 0 Å². The second kappa shape index (κ2) is 4.88. The van der Waals surface area contributed by atoms with Crippen molar-refractivity contribution < 1.29 is 35.6 Å². The number of esters is 1. The Bertz CT molecular complexity index is 1420. The van der Waals surface area contributed by atoms with Gasteiger partial charge in [-0.15, -0.1) is 0 Å². The second-order valence-corrected chi connectivity index (χ2v) is 4.13. The lowest BCUT2D eigenvalue weighted by Crippen LogP contribution is -2.43. The number of ether oxygens (including phenoxy) is 1. The number of para-hydroxylation sites is 1. The molecule has 2 aliphatic rings. The lowest BCUT2D eigenvalue weighted by Gasteiger charge is -2.35. The Hall–Kier alpha value is -1.81. The molecule has 2 bridgehead atoms. The highest BCUT2D eigenvalue weighted by Gasteiger charge is 2.40. The van der Waals surface area contributed by atoms with Gasteiger partial charge in [0.1, 0.15) is 6.08 Å². The molecular formula is C17H20N2O2. The number of aromatic amines is 1. The molecule has 4 nitrogen and oxygen atoms in total. The number of aromatic nitrogens is 1. The summed E-state index contributed by atoms with van der Waals surface area (Å²) >= 11 is 0. The first-order chi connectivity index (χ1) is 17.7. The number of hydrogen-bond acceptors (Lipinski definition) is 3. The highest BCUT2D eigenvalue weighted by molar-refractivity contribution is 6.04. The minimum atomic E-state index is -4.25. The van der Waals surface area contributed by atoms with E-state index in [0.29, 0.717) is 0 Å². The Morgan fingerprint density at radius 3 is 3.00 bits per heavy atom. The third-order valence-electron chi connectivity index (χ3n) is 2.86. The summed E-state index contributed by atoms with van der Waals surface area (Å²) in [4.78, 5) is 15.0. The maximum Gasteiger partial charge on any atom is 0.340 e. The molecule has 1 aromatic heterocycles. The van der Waals surface area contributed by atoms with Crippen LogP contribution in [-0.4, -0.2) is 40.9 Å². The van der Waals surface area contributed by atoms with Crippen molar-refractivity contribution in [3.8, 4) is 0 Å². The minimum absolute atomic E-state index is 0.480. The monoisotopic (exact) mass is 303 g/mol. The summed E-state index contributed by atoms with van der Waals surface area (Å²) in [5, 5.41) is -0.666. The summed E-state index contributed by atoms with van der Waals surface area (Å²) in [6, 6.07) is -11.4. The quantitative estimate of drug-likeness (QED) is 0.868. The average molecular weight is 303 g/mol. The number of fused-ring (bicyclic) bond motifs is 3. The molecule has 1 unspecified atom stereocenters. The van der Waals surface area contributed by atoms with Gasteiger partial charge in [0.2, 0.25) is 0 Å². The summed E-state index contributed by atoms with van der Waals surface area (Å²) in [5.74, 6) is -1.97. The first kappa shape index (κ1) is 3.74. The van der Waals surface area contributed by atoms with Crippen LogP contribution in [0.4, 0.5) is 0 Å². The molecule has 3 atom stereocenters. The van der Waals surface area contributed by atoms with Crippen LogP contribution in [0, 0.1) is 0 Å². The molecule has 0 aliphatic carbocycles. The molecule has 2 aromatic rings. The van der Waals surface area contributed by atoms with Gasteiger partial charge in [-0.1, -0.05) is 18.1 Å². The van der Waals surface area contributed by atoms with Crippen LogP contribution in [0.25, 0.3) is 10.9 Å². The molecule has 1 aromatic carbocycles. The molecule has 2 aliphatic heterocycles. The number of piperidine rings is 1. The number of rotatable bonds is 2. The van der Waals surface area contributed by atoms with Gasteiger partial charge >= 0.3 is 5.97 Å². The number of H-pyrrole nitrogens is 1. The van der Waals surface area contributed by atoms with Gasteiger partial charge in [0.15, 0.2) is 0 Å². The molecule has 0 radical (unpaired) electrons. The van der Waals surface area contributed by atoms with Gasteiger partial charge in [0.05, 0.1) is 13.8 Å². The number of nitrogens with one attached hydrogen (secondary N) is 1. The van der Waals surface area contributed by atoms with Crippen molar-refractivity contribution in [1.82, 2.24) is 9.88 Å². The Labute approximate surface area is 150 Å². The highest BCUT2D eigenvalue weighted by atomic mass is 16.5. The van der Waals surface area contributed by atoms with Crippen molar-refractivity contribution in [2.45, 2.75) is 43.6 Å². The van der Waals surface area contributed by atoms with Crippen molar-refractivity contribution in [1.29, 1.82) is 0 Å². The fraction of sp³-hybridized carbons (Fsp3) is 0.471. The SMILES string of the molecule is [2H]c1[nH]c2c([2H])c([2H])c([2H])c([2H])c2c1C(=O)OC1([2H])C([2H])([2H])[C@]2([2H])N(C([2H])([2H])[2H])[C@]([2H])(C1([2H])[2H])C([2H])([2H])C2([2H])[2H]. The second-order valence-electron chi connectivity index (χ2n) is 4.13. The Kier molecular flexibility index (Phi) is 0.870. The number of hydrogen-bond donors (Lipinski definition) is 1. The van der Waals surface area contributed by atoms with Crippen molar-refractivity contribution in [2.75, 3.05) is 6.98 Å². The van der Waals surface area contributed by atoms with E-state index in [1.54, 1.807) is 0 Å². The lowest BCUT2D eigenvalue weighted by molar-refractivity contribution is -0.000258. The normalized spacial score (nSPS) is 62.8. The molecule has 2 fully saturated rings. The van der Waals surface area contributed by atoms with Crippen molar-refractivity contribution in [2.24, 2.45) is 0 Å². The number of nitrogens with zero attached hydrogens (tertiary/aromatic N) is 1. The zero-order valence-electron chi connectivity index (χ0n) is 29.3. The van der Waals surface area contributed by atoms with Gasteiger partial charge in [-0.05, 0) is 25.8 Å².